The molecule has 0 spiro atoms. The number of hydrogen-bond donors (Lipinski definition) is 4. The number of benzene rings is 3. The van der Waals surface area contributed by atoms with Crippen molar-refractivity contribution in [2.24, 2.45) is 0 Å². The van der Waals surface area contributed by atoms with Crippen LogP contribution in [-0.2, 0) is 10.3 Å². The Bertz CT molecular complexity index is 1610. The number of carbonyl (C=O) groups is 1. The topological polar surface area (TPSA) is 123 Å². The van der Waals surface area contributed by atoms with E-state index < -0.39 is 29.3 Å². The number of fused-ring (bicyclic) bond motifs is 1. The number of aliphatic hydroxyl groups is 1. The number of carboxylic acids is 1. The molecule has 2 atom stereocenters. The molecule has 6 N–H and O–H groups in total. The summed E-state index contributed by atoms with van der Waals surface area (Å²) in [6, 6.07) is 12.0. The Kier molecular flexibility index (Phi) is 6.74. The van der Waals surface area contributed by atoms with E-state index in [0.29, 0.717) is 52.9 Å². The number of rotatable bonds is 6. The van der Waals surface area contributed by atoms with Crippen LogP contribution in [0.5, 0.6) is 0 Å². The zero-order valence-electron chi connectivity index (χ0n) is 21.7. The fraction of sp³-hybridized carbons (Fsp3) is 0.267. The van der Waals surface area contributed by atoms with Crippen molar-refractivity contribution in [3.63, 3.8) is 0 Å². The van der Waals surface area contributed by atoms with Crippen molar-refractivity contribution in [2.75, 3.05) is 12.8 Å². The lowest BCUT2D eigenvalue weighted by molar-refractivity contribution is -0.125. The number of anilines is 1. The van der Waals surface area contributed by atoms with Gasteiger partial charge in [0.1, 0.15) is 11.4 Å². The van der Waals surface area contributed by atoms with Gasteiger partial charge in [0, 0.05) is 23.7 Å². The molecular formula is C30H30F2N3O4+. The van der Waals surface area contributed by atoms with E-state index in [1.165, 1.54) is 31.5 Å². The maximum absolute atomic E-state index is 16.3. The fourth-order valence-electron chi connectivity index (χ4n) is 5.89. The number of hydrogen-bond acceptors (Lipinski definition) is 4. The van der Waals surface area contributed by atoms with Gasteiger partial charge in [-0.05, 0) is 73.7 Å². The second-order valence-corrected chi connectivity index (χ2v) is 10.0. The van der Waals surface area contributed by atoms with Crippen LogP contribution in [0.1, 0.15) is 52.9 Å². The van der Waals surface area contributed by atoms with Crippen molar-refractivity contribution in [1.29, 1.82) is 0 Å². The number of aromatic carboxylic acids is 1. The van der Waals surface area contributed by atoms with E-state index in [4.69, 9.17) is 15.9 Å². The summed E-state index contributed by atoms with van der Waals surface area (Å²) < 4.78 is 37.7. The minimum absolute atomic E-state index is 0.105. The van der Waals surface area contributed by atoms with E-state index in [1.807, 2.05) is 0 Å². The van der Waals surface area contributed by atoms with Gasteiger partial charge in [0.05, 0.1) is 34.1 Å². The first-order valence-electron chi connectivity index (χ1n) is 12.7. The van der Waals surface area contributed by atoms with Crippen LogP contribution in [0.25, 0.3) is 27.7 Å². The molecule has 0 aliphatic heterocycles. The lowest BCUT2D eigenvalue weighted by Gasteiger charge is -2.40. The van der Waals surface area contributed by atoms with Crippen molar-refractivity contribution in [3.8, 4) is 16.8 Å². The zero-order valence-corrected chi connectivity index (χ0v) is 21.7. The van der Waals surface area contributed by atoms with Gasteiger partial charge in [0.15, 0.2) is 12.0 Å². The monoisotopic (exact) mass is 534 g/mol. The minimum Gasteiger partial charge on any atom is -0.478 e. The van der Waals surface area contributed by atoms with Gasteiger partial charge in [-0.1, -0.05) is 18.6 Å². The highest BCUT2D eigenvalue weighted by atomic mass is 19.1. The van der Waals surface area contributed by atoms with E-state index >= 15 is 4.39 Å². The fourth-order valence-corrected chi connectivity index (χ4v) is 5.89. The molecule has 0 bridgehead atoms. The van der Waals surface area contributed by atoms with Gasteiger partial charge in [0.2, 0.25) is 0 Å². The molecule has 9 heteroatoms. The summed E-state index contributed by atoms with van der Waals surface area (Å²) in [5.41, 5.74) is 7.33. The molecule has 1 heterocycles. The number of methoxy groups -OCH3 is 1. The van der Waals surface area contributed by atoms with Crippen molar-refractivity contribution in [1.82, 2.24) is 4.57 Å². The van der Waals surface area contributed by atoms with Crippen molar-refractivity contribution in [3.05, 3.63) is 82.5 Å². The highest BCUT2D eigenvalue weighted by molar-refractivity contribution is 6.05. The van der Waals surface area contributed by atoms with Gasteiger partial charge in [-0.25, -0.2) is 13.6 Å². The Morgan fingerprint density at radius 1 is 1.18 bits per heavy atom. The Hall–Kier alpha value is -4.08. The average molecular weight is 535 g/mol. The summed E-state index contributed by atoms with van der Waals surface area (Å²) in [6.07, 6.45) is 3.03. The summed E-state index contributed by atoms with van der Waals surface area (Å²) in [7, 11) is 1.53. The third-order valence-electron chi connectivity index (χ3n) is 7.78. The molecule has 39 heavy (non-hydrogen) atoms. The summed E-state index contributed by atoms with van der Waals surface area (Å²) in [5, 5.41) is 28.0. The van der Waals surface area contributed by atoms with Crippen LogP contribution in [0.15, 0.2) is 48.5 Å². The molecule has 1 saturated carbocycles. The molecule has 5 rings (SSSR count). The molecule has 0 saturated heterocycles. The van der Waals surface area contributed by atoms with Crippen molar-refractivity contribution < 1.29 is 33.9 Å². The van der Waals surface area contributed by atoms with Gasteiger partial charge < -0.3 is 25.3 Å². The quantitative estimate of drug-likeness (QED) is 0.219. The van der Waals surface area contributed by atoms with Crippen LogP contribution in [0.3, 0.4) is 0 Å². The molecule has 1 fully saturated rings. The molecule has 7 nitrogen and oxygen atoms in total. The summed E-state index contributed by atoms with van der Waals surface area (Å²) >= 11 is 0. The van der Waals surface area contributed by atoms with E-state index in [2.05, 4.69) is 0 Å². The Labute approximate surface area is 224 Å². The first-order chi connectivity index (χ1) is 18.6. The Balaban J connectivity index is 2.01. The van der Waals surface area contributed by atoms with E-state index in [9.17, 15) is 19.4 Å². The Morgan fingerprint density at radius 3 is 2.51 bits per heavy atom. The number of aromatic nitrogens is 1. The molecule has 0 radical (unpaired) electrons. The van der Waals surface area contributed by atoms with E-state index in [-0.39, 0.29) is 22.2 Å². The van der Waals surface area contributed by atoms with Crippen LogP contribution in [-0.4, -0.2) is 40.2 Å². The summed E-state index contributed by atoms with van der Waals surface area (Å²) in [4.78, 5) is 11.7. The first kappa shape index (κ1) is 26.5. The number of ether oxygens (including phenoxy) is 1. The number of nitrogens with zero attached hydrogens (tertiary/aromatic N) is 1. The second-order valence-electron chi connectivity index (χ2n) is 10.0. The van der Waals surface area contributed by atoms with Gasteiger partial charge >= 0.3 is 5.97 Å². The first-order valence-corrected chi connectivity index (χ1v) is 12.7. The van der Waals surface area contributed by atoms with Gasteiger partial charge in [-0.2, -0.15) is 0 Å². The normalized spacial score (nSPS) is 19.4. The Morgan fingerprint density at radius 2 is 1.90 bits per heavy atom. The average Bonchev–Trinajstić information content (AvgIpc) is 3.27. The summed E-state index contributed by atoms with van der Waals surface area (Å²) in [6.45, 7) is 1.66. The van der Waals surface area contributed by atoms with Crippen molar-refractivity contribution in [2.45, 2.75) is 44.3 Å². The number of nitrogen functional groups attached to an aromatic ring is 1. The van der Waals surface area contributed by atoms with E-state index in [1.54, 1.807) is 41.8 Å². The van der Waals surface area contributed by atoms with Crippen LogP contribution < -0.4 is 11.1 Å². The number of nitrogens with two attached hydrogens (primary N) is 2. The van der Waals surface area contributed by atoms with Gasteiger partial charge in [-0.15, -0.1) is 0 Å². The third-order valence-corrected chi connectivity index (χ3v) is 7.78. The zero-order chi connectivity index (χ0) is 28.1. The lowest BCUT2D eigenvalue weighted by Crippen LogP contribution is -2.45. The smallest absolute Gasteiger partial charge is 0.335 e. The number of aryl methyl sites for hydroxylation is 1. The maximum Gasteiger partial charge on any atom is 0.335 e. The van der Waals surface area contributed by atoms with E-state index in [0.717, 1.165) is 6.42 Å². The van der Waals surface area contributed by atoms with Crippen LogP contribution >= 0.6 is 0 Å². The molecule has 1 unspecified atom stereocenters. The number of halogens is 2. The molecule has 202 valence electrons. The molecule has 1 aliphatic carbocycles. The standard InChI is InChI=1S/C30H29F2N3O4/c1-16-13-17(6-11-21(16)29(36)37)24-25-22(14-18(15-33)27(34)26(25)32)35(20-9-7-19(31)8-10-20)28(24)30(38)12-4-3-5-23(30)39-2/h6-11,13-15,23,33,38H,3-5,12,34H2,1-2H3,(H,36,37)/p+1/t23-,30?/m0/s1. The molecule has 4 aromatic rings. The van der Waals surface area contributed by atoms with Gasteiger partial charge in [0.25, 0.3) is 0 Å². The highest BCUT2D eigenvalue weighted by Gasteiger charge is 2.46. The molecule has 1 aliphatic rings. The van der Waals surface area contributed by atoms with Crippen LogP contribution in [0.4, 0.5) is 14.5 Å². The second kappa shape index (κ2) is 9.91. The minimum atomic E-state index is -1.57. The highest BCUT2D eigenvalue weighted by Crippen LogP contribution is 2.49. The maximum atomic E-state index is 16.3. The molecule has 1 aromatic heterocycles. The number of carboxylic acid groups (broad SMARTS) is 1. The SMILES string of the molecule is CO[C@H]1CCCCC1(O)c1c(-c2ccc(C(=O)O)c(C)c2)c2c(F)c(N)c(C=[NH2+])cc2n1-c1ccc(F)cc1. The lowest BCUT2D eigenvalue weighted by atomic mass is 9.77. The van der Waals surface area contributed by atoms with Crippen LogP contribution in [0.2, 0.25) is 0 Å². The predicted molar refractivity (Wildman–Crippen MR) is 145 cm³/mol. The summed E-state index contributed by atoms with van der Waals surface area (Å²) in [5.74, 6) is -2.26. The van der Waals surface area contributed by atoms with Crippen molar-refractivity contribution >= 4 is 28.8 Å². The van der Waals surface area contributed by atoms with Gasteiger partial charge in [-0.3, -0.25) is 5.41 Å². The predicted octanol–water partition coefficient (Wildman–Crippen LogP) is 4.12. The molecule has 3 aromatic carbocycles. The molecular weight excluding hydrogens is 504 g/mol. The molecule has 0 amide bonds. The van der Waals surface area contributed by atoms with Crippen LogP contribution in [0, 0.1) is 18.6 Å². The third kappa shape index (κ3) is 4.18. The largest absolute Gasteiger partial charge is 0.478 e.